The van der Waals surface area contributed by atoms with E-state index in [0.29, 0.717) is 29.8 Å². The fraction of sp³-hybridized carbons (Fsp3) is 0.583. The number of anilines is 1. The average molecular weight is 269 g/mol. The molecule has 0 spiro atoms. The first-order valence-electron chi connectivity index (χ1n) is 5.96. The van der Waals surface area contributed by atoms with Gasteiger partial charge in [0.2, 0.25) is 5.91 Å². The lowest BCUT2D eigenvalue weighted by molar-refractivity contribution is -0.114. The maximum absolute atomic E-state index is 12.2. The molecule has 2 amide bonds. The third-order valence-corrected chi connectivity index (χ3v) is 3.02. The van der Waals surface area contributed by atoms with Crippen LogP contribution >= 0.6 is 11.3 Å². The monoisotopic (exact) mass is 269 g/mol. The van der Waals surface area contributed by atoms with Crippen LogP contribution in [0.1, 0.15) is 38.2 Å². The Labute approximate surface area is 111 Å². The Morgan fingerprint density at radius 2 is 2.17 bits per heavy atom. The molecule has 5 nitrogen and oxygen atoms in total. The third-order valence-electron chi connectivity index (χ3n) is 2.26. The van der Waals surface area contributed by atoms with Crippen LogP contribution in [0.25, 0.3) is 0 Å². The van der Waals surface area contributed by atoms with Crippen LogP contribution in [0.2, 0.25) is 0 Å². The molecule has 0 unspecified atom stereocenters. The molecule has 0 aliphatic carbocycles. The number of nitrogens with zero attached hydrogens (tertiary/aromatic N) is 2. The summed E-state index contributed by atoms with van der Waals surface area (Å²) in [4.78, 5) is 28.9. The maximum Gasteiger partial charge on any atom is 0.273 e. The lowest BCUT2D eigenvalue weighted by atomic mass is 10.2. The fourth-order valence-corrected chi connectivity index (χ4v) is 2.27. The second kappa shape index (κ2) is 6.49. The van der Waals surface area contributed by atoms with E-state index in [1.54, 1.807) is 10.3 Å². The van der Waals surface area contributed by atoms with Gasteiger partial charge in [-0.15, -0.1) is 11.3 Å². The molecular weight excluding hydrogens is 250 g/mol. The summed E-state index contributed by atoms with van der Waals surface area (Å²) in [6.45, 7) is 8.87. The van der Waals surface area contributed by atoms with Crippen molar-refractivity contribution in [2.24, 2.45) is 5.92 Å². The summed E-state index contributed by atoms with van der Waals surface area (Å²) in [5.41, 5.74) is 0.395. The van der Waals surface area contributed by atoms with E-state index in [9.17, 15) is 9.59 Å². The number of hydrogen-bond acceptors (Lipinski definition) is 4. The second-order valence-electron chi connectivity index (χ2n) is 4.46. The van der Waals surface area contributed by atoms with Gasteiger partial charge in [-0.1, -0.05) is 13.8 Å². The van der Waals surface area contributed by atoms with E-state index in [4.69, 9.17) is 0 Å². The molecule has 0 atom stereocenters. The number of rotatable bonds is 5. The lowest BCUT2D eigenvalue weighted by Crippen LogP contribution is -2.34. The van der Waals surface area contributed by atoms with Crippen LogP contribution < -0.4 is 5.32 Å². The van der Waals surface area contributed by atoms with Gasteiger partial charge in [-0.2, -0.15) is 0 Å². The Bertz CT molecular complexity index is 429. The van der Waals surface area contributed by atoms with Crippen LogP contribution in [0.3, 0.4) is 0 Å². The topological polar surface area (TPSA) is 62.3 Å². The van der Waals surface area contributed by atoms with E-state index in [0.717, 1.165) is 0 Å². The largest absolute Gasteiger partial charge is 0.337 e. The number of amides is 2. The summed E-state index contributed by atoms with van der Waals surface area (Å²) >= 11 is 1.26. The van der Waals surface area contributed by atoms with Gasteiger partial charge in [-0.3, -0.25) is 9.59 Å². The highest BCUT2D eigenvalue weighted by Crippen LogP contribution is 2.17. The van der Waals surface area contributed by atoms with Crippen molar-refractivity contribution < 1.29 is 9.59 Å². The number of nitrogens with one attached hydrogen (secondary N) is 1. The number of thiazole rings is 1. The number of hydrogen-bond donors (Lipinski definition) is 1. The van der Waals surface area contributed by atoms with Crippen LogP contribution in [-0.4, -0.2) is 34.8 Å². The molecule has 1 aromatic heterocycles. The molecule has 100 valence electrons. The van der Waals surface area contributed by atoms with Crippen LogP contribution in [0.4, 0.5) is 5.13 Å². The Balaban J connectivity index is 2.76. The summed E-state index contributed by atoms with van der Waals surface area (Å²) < 4.78 is 0. The number of carbonyl (C=O) groups is 2. The molecule has 1 aromatic rings. The molecule has 0 saturated heterocycles. The average Bonchev–Trinajstić information content (AvgIpc) is 2.72. The minimum atomic E-state index is -0.183. The Morgan fingerprint density at radius 1 is 1.50 bits per heavy atom. The quantitative estimate of drug-likeness (QED) is 0.891. The summed E-state index contributed by atoms with van der Waals surface area (Å²) in [6.07, 6.45) is 0. The predicted octanol–water partition coefficient (Wildman–Crippen LogP) is 2.22. The molecule has 0 bridgehead atoms. The molecular formula is C12H19N3O2S. The van der Waals surface area contributed by atoms with Crippen LogP contribution in [0.5, 0.6) is 0 Å². The van der Waals surface area contributed by atoms with E-state index >= 15 is 0 Å². The molecule has 0 aromatic carbocycles. The second-order valence-corrected chi connectivity index (χ2v) is 5.31. The van der Waals surface area contributed by atoms with Gasteiger partial charge < -0.3 is 10.2 Å². The van der Waals surface area contributed by atoms with Crippen molar-refractivity contribution in [3.63, 3.8) is 0 Å². The molecule has 1 heterocycles. The minimum absolute atomic E-state index is 0.0842. The van der Waals surface area contributed by atoms with E-state index < -0.39 is 0 Å². The van der Waals surface area contributed by atoms with Crippen molar-refractivity contribution >= 4 is 28.3 Å². The molecule has 0 saturated carbocycles. The van der Waals surface area contributed by atoms with E-state index in [2.05, 4.69) is 24.1 Å². The van der Waals surface area contributed by atoms with E-state index in [1.165, 1.54) is 18.3 Å². The van der Waals surface area contributed by atoms with E-state index in [-0.39, 0.29) is 11.8 Å². The van der Waals surface area contributed by atoms with Crippen molar-refractivity contribution in [3.05, 3.63) is 11.1 Å². The summed E-state index contributed by atoms with van der Waals surface area (Å²) in [5.74, 6) is 0.152. The third kappa shape index (κ3) is 4.10. The van der Waals surface area contributed by atoms with Gasteiger partial charge in [-0.05, 0) is 12.8 Å². The number of aromatic nitrogens is 1. The summed E-state index contributed by atoms with van der Waals surface area (Å²) in [6, 6.07) is 0. The van der Waals surface area contributed by atoms with Gasteiger partial charge in [0, 0.05) is 25.4 Å². The van der Waals surface area contributed by atoms with Gasteiger partial charge in [0.15, 0.2) is 5.13 Å². The highest BCUT2D eigenvalue weighted by Gasteiger charge is 2.18. The fourth-order valence-electron chi connectivity index (χ4n) is 1.54. The highest BCUT2D eigenvalue weighted by atomic mass is 32.1. The van der Waals surface area contributed by atoms with Gasteiger partial charge >= 0.3 is 0 Å². The normalized spacial score (nSPS) is 10.5. The Hall–Kier alpha value is -1.43. The van der Waals surface area contributed by atoms with Crippen LogP contribution in [-0.2, 0) is 4.79 Å². The van der Waals surface area contributed by atoms with Crippen molar-refractivity contribution in [1.82, 2.24) is 9.88 Å². The molecule has 6 heteroatoms. The molecule has 1 N–H and O–H groups in total. The Morgan fingerprint density at radius 3 is 2.67 bits per heavy atom. The van der Waals surface area contributed by atoms with Gasteiger partial charge in [0.1, 0.15) is 5.69 Å². The van der Waals surface area contributed by atoms with Crippen molar-refractivity contribution in [2.45, 2.75) is 27.7 Å². The van der Waals surface area contributed by atoms with Crippen molar-refractivity contribution in [2.75, 3.05) is 18.4 Å². The standard InChI is InChI=1S/C12H19N3O2S/c1-5-15(6-8(2)3)11(17)10-7-18-12(14-10)13-9(4)16/h7-8H,5-6H2,1-4H3,(H,13,14,16). The molecule has 0 aliphatic rings. The van der Waals surface area contributed by atoms with Gasteiger partial charge in [0.25, 0.3) is 5.91 Å². The zero-order valence-electron chi connectivity index (χ0n) is 11.2. The highest BCUT2D eigenvalue weighted by molar-refractivity contribution is 7.14. The maximum atomic E-state index is 12.2. The molecule has 18 heavy (non-hydrogen) atoms. The minimum Gasteiger partial charge on any atom is -0.337 e. The zero-order chi connectivity index (χ0) is 13.7. The summed E-state index contributed by atoms with van der Waals surface area (Å²) in [7, 11) is 0. The Kier molecular flexibility index (Phi) is 5.27. The molecule has 0 aliphatic heterocycles. The first kappa shape index (κ1) is 14.6. The van der Waals surface area contributed by atoms with Gasteiger partial charge in [0.05, 0.1) is 0 Å². The smallest absolute Gasteiger partial charge is 0.273 e. The van der Waals surface area contributed by atoms with Crippen molar-refractivity contribution in [1.29, 1.82) is 0 Å². The first-order chi connectivity index (χ1) is 8.43. The molecule has 0 fully saturated rings. The molecule has 0 radical (unpaired) electrons. The predicted molar refractivity (Wildman–Crippen MR) is 72.8 cm³/mol. The SMILES string of the molecule is CCN(CC(C)C)C(=O)c1csc(NC(C)=O)n1. The first-order valence-corrected chi connectivity index (χ1v) is 6.84. The summed E-state index contributed by atoms with van der Waals surface area (Å²) in [5, 5.41) is 4.72. The zero-order valence-corrected chi connectivity index (χ0v) is 12.0. The van der Waals surface area contributed by atoms with Crippen molar-refractivity contribution in [3.8, 4) is 0 Å². The van der Waals surface area contributed by atoms with Crippen LogP contribution in [0, 0.1) is 5.92 Å². The lowest BCUT2D eigenvalue weighted by Gasteiger charge is -2.21. The van der Waals surface area contributed by atoms with E-state index in [1.807, 2.05) is 6.92 Å². The molecule has 1 rings (SSSR count). The van der Waals surface area contributed by atoms with Crippen LogP contribution in [0.15, 0.2) is 5.38 Å². The van der Waals surface area contributed by atoms with Gasteiger partial charge in [-0.25, -0.2) is 4.98 Å². The number of carbonyl (C=O) groups excluding carboxylic acids is 2.